The number of ketones is 1. The Morgan fingerprint density at radius 2 is 1.82 bits per heavy atom. The normalized spacial score (nSPS) is 24.6. The van der Waals surface area contributed by atoms with E-state index in [1.165, 1.54) is 45.9 Å². The lowest BCUT2D eigenvalue weighted by molar-refractivity contribution is -0.166. The van der Waals surface area contributed by atoms with E-state index < -0.39 is 18.0 Å². The Kier molecular flexibility index (Phi) is 12.5. The summed E-state index contributed by atoms with van der Waals surface area (Å²) in [5.74, 6) is -0.417. The van der Waals surface area contributed by atoms with Crippen molar-refractivity contribution in [2.24, 2.45) is 17.8 Å². The second kappa shape index (κ2) is 15.8. The van der Waals surface area contributed by atoms with Gasteiger partial charge in [-0.05, 0) is 44.4 Å². The number of Topliss-reactive ketones (excluding diaryl/α,β-unsaturated/α-hetero) is 1. The summed E-state index contributed by atoms with van der Waals surface area (Å²) in [5.41, 5.74) is 0.0280. The van der Waals surface area contributed by atoms with Gasteiger partial charge in [0.25, 0.3) is 0 Å². The van der Waals surface area contributed by atoms with Crippen molar-refractivity contribution in [1.29, 1.82) is 0 Å². The lowest BCUT2D eigenvalue weighted by atomic mass is 9.82. The van der Waals surface area contributed by atoms with Gasteiger partial charge in [-0.1, -0.05) is 45.4 Å². The van der Waals surface area contributed by atoms with Crippen molar-refractivity contribution in [3.63, 3.8) is 0 Å². The number of hydrogen-bond donors (Lipinski definition) is 0. The molecule has 1 aliphatic heterocycles. The molecule has 1 saturated heterocycles. The molecule has 0 radical (unpaired) electrons. The van der Waals surface area contributed by atoms with Crippen molar-refractivity contribution in [3.05, 3.63) is 18.0 Å². The van der Waals surface area contributed by atoms with Gasteiger partial charge in [-0.2, -0.15) is 0 Å². The molecule has 9 heteroatoms. The predicted molar refractivity (Wildman–Crippen MR) is 145 cm³/mol. The molecule has 1 aromatic rings. The van der Waals surface area contributed by atoms with Crippen LogP contribution in [0.3, 0.4) is 0 Å². The molecular formula is C30H45NO8. The van der Waals surface area contributed by atoms with Gasteiger partial charge >= 0.3 is 11.9 Å². The second-order valence-electron chi connectivity index (χ2n) is 10.8. The summed E-state index contributed by atoms with van der Waals surface area (Å²) in [5, 5.41) is 0. The molecule has 0 N–H and O–H groups in total. The Balaban J connectivity index is 1.73. The van der Waals surface area contributed by atoms with Crippen LogP contribution in [-0.4, -0.2) is 55.4 Å². The zero-order valence-electron chi connectivity index (χ0n) is 23.9. The summed E-state index contributed by atoms with van der Waals surface area (Å²) in [6.45, 7) is 5.51. The fourth-order valence-electron chi connectivity index (χ4n) is 5.87. The number of nitrogens with zero attached hydrogens (tertiary/aromatic N) is 1. The van der Waals surface area contributed by atoms with Crippen LogP contribution in [-0.2, 0) is 23.8 Å². The van der Waals surface area contributed by atoms with Crippen molar-refractivity contribution in [2.75, 3.05) is 20.5 Å². The average Bonchev–Trinajstić information content (AvgIpc) is 3.42. The van der Waals surface area contributed by atoms with Gasteiger partial charge in [0.15, 0.2) is 23.0 Å². The van der Waals surface area contributed by atoms with Crippen molar-refractivity contribution in [3.8, 4) is 11.5 Å². The number of hydrogen-bond acceptors (Lipinski definition) is 9. The number of methoxy groups -OCH3 is 1. The smallest absolute Gasteiger partial charge is 0.309 e. The highest BCUT2D eigenvalue weighted by Crippen LogP contribution is 2.37. The number of aromatic nitrogens is 1. The first-order valence-corrected chi connectivity index (χ1v) is 14.5. The number of carbonyl (C=O) groups excluding carboxylic acids is 3. The largest absolute Gasteiger partial charge is 0.493 e. The molecule has 1 aromatic heterocycles. The van der Waals surface area contributed by atoms with Crippen molar-refractivity contribution in [2.45, 2.75) is 104 Å². The van der Waals surface area contributed by atoms with Gasteiger partial charge in [0.05, 0.1) is 19.1 Å². The third-order valence-electron chi connectivity index (χ3n) is 7.82. The Morgan fingerprint density at radius 1 is 1.10 bits per heavy atom. The minimum atomic E-state index is -0.604. The van der Waals surface area contributed by atoms with E-state index in [0.717, 1.165) is 38.0 Å². The van der Waals surface area contributed by atoms with E-state index in [9.17, 15) is 14.4 Å². The standard InChI is InChI=1S/C30H45NO8/c1-5-16-36-28-20(2)39-30(34)24(13-9-8-12-23(28)17-22-10-6-7-11-22)18-25(33)27-29(38-19-37-21(3)32)26(35-4)14-15-31-27/h14-15,20,22-24,28H,5-13,16-19H2,1-4H3/t20-,23+,24+,28-/m0/s1. The zero-order chi connectivity index (χ0) is 28.2. The molecule has 0 spiro atoms. The molecule has 218 valence electrons. The Bertz CT molecular complexity index is 945. The van der Waals surface area contributed by atoms with Crippen LogP contribution in [0.2, 0.25) is 0 Å². The van der Waals surface area contributed by atoms with E-state index >= 15 is 0 Å². The third kappa shape index (κ3) is 9.19. The van der Waals surface area contributed by atoms with Crippen molar-refractivity contribution in [1.82, 2.24) is 4.98 Å². The van der Waals surface area contributed by atoms with E-state index in [-0.39, 0.29) is 48.3 Å². The van der Waals surface area contributed by atoms with Crippen LogP contribution in [0.5, 0.6) is 11.5 Å². The van der Waals surface area contributed by atoms with Crippen LogP contribution in [0, 0.1) is 17.8 Å². The number of carbonyl (C=O) groups is 3. The highest BCUT2D eigenvalue weighted by Gasteiger charge is 2.36. The summed E-state index contributed by atoms with van der Waals surface area (Å²) >= 11 is 0. The maximum absolute atomic E-state index is 13.4. The minimum absolute atomic E-state index is 0.0280. The summed E-state index contributed by atoms with van der Waals surface area (Å²) in [7, 11) is 1.44. The molecule has 2 fully saturated rings. The van der Waals surface area contributed by atoms with E-state index in [4.69, 9.17) is 23.7 Å². The fourth-order valence-corrected chi connectivity index (χ4v) is 5.87. The Hall–Kier alpha value is -2.68. The number of cyclic esters (lactones) is 1. The lowest BCUT2D eigenvalue weighted by Crippen LogP contribution is -2.40. The highest BCUT2D eigenvalue weighted by atomic mass is 16.7. The molecule has 1 saturated carbocycles. The first-order valence-electron chi connectivity index (χ1n) is 14.5. The molecular weight excluding hydrogens is 502 g/mol. The van der Waals surface area contributed by atoms with Crippen LogP contribution in [0.25, 0.3) is 0 Å². The van der Waals surface area contributed by atoms with E-state index in [1.54, 1.807) is 6.07 Å². The topological polar surface area (TPSA) is 110 Å². The van der Waals surface area contributed by atoms with Crippen LogP contribution < -0.4 is 9.47 Å². The maximum Gasteiger partial charge on any atom is 0.309 e. The number of pyridine rings is 1. The van der Waals surface area contributed by atoms with Gasteiger partial charge in [0.1, 0.15) is 6.10 Å². The molecule has 0 aromatic carbocycles. The quantitative estimate of drug-likeness (QED) is 0.185. The number of rotatable bonds is 12. The first kappa shape index (κ1) is 30.9. The van der Waals surface area contributed by atoms with Gasteiger partial charge in [-0.3, -0.25) is 14.4 Å². The summed E-state index contributed by atoms with van der Waals surface area (Å²) in [6.07, 6.45) is 11.4. The highest BCUT2D eigenvalue weighted by molar-refractivity contribution is 5.99. The number of esters is 2. The van der Waals surface area contributed by atoms with Gasteiger partial charge in [-0.15, -0.1) is 0 Å². The molecule has 39 heavy (non-hydrogen) atoms. The number of ether oxygens (including phenoxy) is 5. The molecule has 0 unspecified atom stereocenters. The fraction of sp³-hybridized carbons (Fsp3) is 0.733. The van der Waals surface area contributed by atoms with E-state index in [2.05, 4.69) is 11.9 Å². The van der Waals surface area contributed by atoms with Crippen molar-refractivity contribution >= 4 is 17.7 Å². The second-order valence-corrected chi connectivity index (χ2v) is 10.8. The Labute approximate surface area is 232 Å². The third-order valence-corrected chi connectivity index (χ3v) is 7.82. The summed E-state index contributed by atoms with van der Waals surface area (Å²) in [4.78, 5) is 42.1. The summed E-state index contributed by atoms with van der Waals surface area (Å²) in [6, 6.07) is 1.55. The molecule has 2 heterocycles. The van der Waals surface area contributed by atoms with Crippen molar-refractivity contribution < 1.29 is 38.1 Å². The summed E-state index contributed by atoms with van der Waals surface area (Å²) < 4.78 is 28.0. The van der Waals surface area contributed by atoms with Gasteiger partial charge in [0.2, 0.25) is 6.79 Å². The Morgan fingerprint density at radius 3 is 2.51 bits per heavy atom. The predicted octanol–water partition coefficient (Wildman–Crippen LogP) is 5.68. The average molecular weight is 548 g/mol. The monoisotopic (exact) mass is 547 g/mol. The van der Waals surface area contributed by atoms with Crippen LogP contribution in [0.1, 0.15) is 102 Å². The molecule has 3 rings (SSSR count). The molecule has 0 bridgehead atoms. The zero-order valence-corrected chi connectivity index (χ0v) is 23.9. The van der Waals surface area contributed by atoms with Gasteiger partial charge < -0.3 is 23.7 Å². The SMILES string of the molecule is CCCO[C@@H]1[C@@H](CC2CCCC2)CCCC[C@H](CC(=O)c2nccc(OC)c2OCOC(C)=O)C(=O)O[C@H]1C. The molecule has 9 nitrogen and oxygen atoms in total. The van der Waals surface area contributed by atoms with Crippen LogP contribution in [0.15, 0.2) is 12.3 Å². The van der Waals surface area contributed by atoms with E-state index in [1.807, 2.05) is 6.92 Å². The molecule has 4 atom stereocenters. The van der Waals surface area contributed by atoms with Crippen LogP contribution >= 0.6 is 0 Å². The van der Waals surface area contributed by atoms with Gasteiger partial charge in [-0.25, -0.2) is 4.98 Å². The van der Waals surface area contributed by atoms with Crippen LogP contribution in [0.4, 0.5) is 0 Å². The van der Waals surface area contributed by atoms with Gasteiger partial charge in [0, 0.05) is 32.2 Å². The molecule has 0 amide bonds. The molecule has 1 aliphatic carbocycles. The van der Waals surface area contributed by atoms with E-state index in [0.29, 0.717) is 18.9 Å². The first-order chi connectivity index (χ1) is 18.8. The maximum atomic E-state index is 13.4. The minimum Gasteiger partial charge on any atom is -0.493 e. The molecule has 2 aliphatic rings. The lowest BCUT2D eigenvalue weighted by Gasteiger charge is -2.35.